The quantitative estimate of drug-likeness (QED) is 0.112. The van der Waals surface area contributed by atoms with E-state index in [1.54, 1.807) is 6.08 Å². The zero-order chi connectivity index (χ0) is 28.1. The van der Waals surface area contributed by atoms with Crippen LogP contribution in [-0.2, 0) is 14.3 Å². The summed E-state index contributed by atoms with van der Waals surface area (Å²) in [6.07, 6.45) is 22.0. The van der Waals surface area contributed by atoms with E-state index in [-0.39, 0.29) is 12.1 Å². The van der Waals surface area contributed by atoms with E-state index < -0.39 is 0 Å². The summed E-state index contributed by atoms with van der Waals surface area (Å²) in [6, 6.07) is 7.43. The SMILES string of the molecule is C=CCOCCCCCCOc1ccc(C(=O)OC2CCC(C3CCC(CCCCC)CC3)CC2)cc1.C=O. The highest BCUT2D eigenvalue weighted by molar-refractivity contribution is 5.89. The van der Waals surface area contributed by atoms with Crippen molar-refractivity contribution in [3.05, 3.63) is 42.5 Å². The smallest absolute Gasteiger partial charge is 0.338 e. The molecule has 2 aliphatic carbocycles. The molecule has 2 saturated carbocycles. The van der Waals surface area contributed by atoms with Gasteiger partial charge in [-0.1, -0.05) is 57.9 Å². The minimum absolute atomic E-state index is 0.0761. The number of ether oxygens (including phenoxy) is 3. The van der Waals surface area contributed by atoms with Crippen molar-refractivity contribution in [2.24, 2.45) is 17.8 Å². The normalized spacial score (nSPS) is 22.8. The Morgan fingerprint density at radius 2 is 1.44 bits per heavy atom. The monoisotopic (exact) mass is 542 g/mol. The molecule has 0 amide bonds. The van der Waals surface area contributed by atoms with Gasteiger partial charge in [0.25, 0.3) is 0 Å². The molecule has 3 rings (SSSR count). The first-order chi connectivity index (χ1) is 19.2. The number of unbranched alkanes of at least 4 members (excludes halogenated alkanes) is 5. The second kappa shape index (κ2) is 20.7. The summed E-state index contributed by atoms with van der Waals surface area (Å²) >= 11 is 0. The van der Waals surface area contributed by atoms with Crippen LogP contribution >= 0.6 is 0 Å². The second-order valence-electron chi connectivity index (χ2n) is 11.4. The van der Waals surface area contributed by atoms with Crippen molar-refractivity contribution in [1.82, 2.24) is 0 Å². The molecule has 5 heteroatoms. The highest BCUT2D eigenvalue weighted by atomic mass is 16.5. The molecule has 0 radical (unpaired) electrons. The molecule has 0 saturated heterocycles. The predicted molar refractivity (Wildman–Crippen MR) is 159 cm³/mol. The van der Waals surface area contributed by atoms with E-state index in [1.165, 1.54) is 64.2 Å². The molecule has 1 aromatic rings. The van der Waals surface area contributed by atoms with Crippen LogP contribution in [0, 0.1) is 17.8 Å². The number of hydrogen-bond acceptors (Lipinski definition) is 5. The van der Waals surface area contributed by atoms with Crippen LogP contribution in [0.15, 0.2) is 36.9 Å². The minimum atomic E-state index is -0.193. The summed E-state index contributed by atoms with van der Waals surface area (Å²) in [5.74, 6) is 3.35. The maximum atomic E-state index is 12.7. The van der Waals surface area contributed by atoms with Gasteiger partial charge in [0.1, 0.15) is 18.6 Å². The molecule has 0 bridgehead atoms. The zero-order valence-electron chi connectivity index (χ0n) is 24.6. The minimum Gasteiger partial charge on any atom is -0.494 e. The Kier molecular flexibility index (Phi) is 17.6. The van der Waals surface area contributed by atoms with Crippen molar-refractivity contribution < 1.29 is 23.8 Å². The largest absolute Gasteiger partial charge is 0.494 e. The number of benzene rings is 1. The average molecular weight is 543 g/mol. The van der Waals surface area contributed by atoms with Gasteiger partial charge in [0.05, 0.1) is 18.8 Å². The predicted octanol–water partition coefficient (Wildman–Crippen LogP) is 8.75. The first kappa shape index (κ1) is 33.1. The standard InChI is InChI=1S/C33H52O4.CH2O/c1-3-5-8-11-27-12-14-28(15-13-27)29-16-22-32(23-17-29)37-33(34)30-18-20-31(21-19-30)36-26-10-7-6-9-25-35-24-4-2;1-2/h4,18-21,27-29,32H,2-3,5-17,22-26H2,1H3;1H2. The summed E-state index contributed by atoms with van der Waals surface area (Å²) in [5, 5.41) is 0. The van der Waals surface area contributed by atoms with Gasteiger partial charge < -0.3 is 19.0 Å². The van der Waals surface area contributed by atoms with Crippen molar-refractivity contribution >= 4 is 12.8 Å². The van der Waals surface area contributed by atoms with Gasteiger partial charge in [-0.05, 0) is 99.8 Å². The highest BCUT2D eigenvalue weighted by Crippen LogP contribution is 2.41. The fraction of sp³-hybridized carbons (Fsp3) is 0.706. The van der Waals surface area contributed by atoms with Crippen molar-refractivity contribution in [3.8, 4) is 5.75 Å². The van der Waals surface area contributed by atoms with Crippen LogP contribution < -0.4 is 4.74 Å². The molecule has 220 valence electrons. The van der Waals surface area contributed by atoms with Gasteiger partial charge in [-0.25, -0.2) is 4.79 Å². The van der Waals surface area contributed by atoms with Gasteiger partial charge in [0, 0.05) is 6.61 Å². The summed E-state index contributed by atoms with van der Waals surface area (Å²) in [6.45, 7) is 10.1. The zero-order valence-corrected chi connectivity index (χ0v) is 24.6. The molecule has 39 heavy (non-hydrogen) atoms. The van der Waals surface area contributed by atoms with Gasteiger partial charge in [0.2, 0.25) is 0 Å². The molecule has 0 aliphatic heterocycles. The van der Waals surface area contributed by atoms with Crippen LogP contribution in [0.4, 0.5) is 0 Å². The second-order valence-corrected chi connectivity index (χ2v) is 11.4. The molecule has 0 N–H and O–H groups in total. The van der Waals surface area contributed by atoms with Crippen LogP contribution in [-0.4, -0.2) is 38.7 Å². The third kappa shape index (κ3) is 13.2. The molecule has 0 heterocycles. The number of hydrogen-bond donors (Lipinski definition) is 0. The fourth-order valence-corrected chi connectivity index (χ4v) is 6.23. The molecular weight excluding hydrogens is 488 g/mol. The fourth-order valence-electron chi connectivity index (χ4n) is 6.23. The average Bonchev–Trinajstić information content (AvgIpc) is 2.98. The van der Waals surface area contributed by atoms with E-state index in [9.17, 15) is 4.79 Å². The first-order valence-electron chi connectivity index (χ1n) is 15.6. The maximum Gasteiger partial charge on any atom is 0.338 e. The van der Waals surface area contributed by atoms with Gasteiger partial charge in [-0.15, -0.1) is 6.58 Å². The Balaban J connectivity index is 0.00000260. The number of carbonyl (C=O) groups is 2. The van der Waals surface area contributed by atoms with E-state index in [0.717, 1.165) is 68.6 Å². The first-order valence-corrected chi connectivity index (χ1v) is 15.6. The van der Waals surface area contributed by atoms with Gasteiger partial charge in [-0.2, -0.15) is 0 Å². The lowest BCUT2D eigenvalue weighted by molar-refractivity contribution is -0.0980. The van der Waals surface area contributed by atoms with Gasteiger partial charge in [0.15, 0.2) is 0 Å². The third-order valence-electron chi connectivity index (χ3n) is 8.54. The Labute approximate surface area is 238 Å². The topological polar surface area (TPSA) is 61.8 Å². The van der Waals surface area contributed by atoms with Crippen LogP contribution in [0.3, 0.4) is 0 Å². The molecule has 5 nitrogen and oxygen atoms in total. The number of rotatable bonds is 17. The van der Waals surface area contributed by atoms with Crippen molar-refractivity contribution in [2.75, 3.05) is 19.8 Å². The molecular formula is C34H54O5. The molecule has 2 aliphatic rings. The lowest BCUT2D eigenvalue weighted by Crippen LogP contribution is -2.29. The van der Waals surface area contributed by atoms with E-state index >= 15 is 0 Å². The van der Waals surface area contributed by atoms with Crippen LogP contribution in [0.25, 0.3) is 0 Å². The molecule has 2 fully saturated rings. The van der Waals surface area contributed by atoms with Crippen LogP contribution in [0.5, 0.6) is 5.75 Å². The Hall–Kier alpha value is -2.14. The summed E-state index contributed by atoms with van der Waals surface area (Å²) in [5.41, 5.74) is 0.621. The summed E-state index contributed by atoms with van der Waals surface area (Å²) < 4.78 is 17.1. The number of carbonyl (C=O) groups excluding carboxylic acids is 2. The lowest BCUT2D eigenvalue weighted by atomic mass is 9.70. The van der Waals surface area contributed by atoms with Crippen molar-refractivity contribution in [1.29, 1.82) is 0 Å². The van der Waals surface area contributed by atoms with Crippen molar-refractivity contribution in [3.63, 3.8) is 0 Å². The van der Waals surface area contributed by atoms with Gasteiger partial charge >= 0.3 is 5.97 Å². The highest BCUT2D eigenvalue weighted by Gasteiger charge is 2.32. The van der Waals surface area contributed by atoms with Crippen LogP contribution in [0.2, 0.25) is 0 Å². The van der Waals surface area contributed by atoms with E-state index in [0.29, 0.717) is 18.8 Å². The summed E-state index contributed by atoms with van der Waals surface area (Å²) in [4.78, 5) is 20.7. The summed E-state index contributed by atoms with van der Waals surface area (Å²) in [7, 11) is 0. The molecule has 0 spiro atoms. The van der Waals surface area contributed by atoms with E-state index in [4.69, 9.17) is 19.0 Å². The molecule has 1 aromatic carbocycles. The lowest BCUT2D eigenvalue weighted by Gasteiger charge is -2.37. The molecule has 0 atom stereocenters. The van der Waals surface area contributed by atoms with Crippen molar-refractivity contribution in [2.45, 2.75) is 116 Å². The Bertz CT molecular complexity index is 760. The molecule has 0 aromatic heterocycles. The Morgan fingerprint density at radius 1 is 0.821 bits per heavy atom. The maximum absolute atomic E-state index is 12.7. The van der Waals surface area contributed by atoms with Crippen LogP contribution in [0.1, 0.15) is 120 Å². The van der Waals surface area contributed by atoms with Gasteiger partial charge in [-0.3, -0.25) is 0 Å². The van der Waals surface area contributed by atoms with E-state index in [2.05, 4.69) is 13.5 Å². The van der Waals surface area contributed by atoms with E-state index in [1.807, 2.05) is 31.1 Å². The number of esters is 1. The Morgan fingerprint density at radius 3 is 2.05 bits per heavy atom. The molecule has 0 unspecified atom stereocenters. The third-order valence-corrected chi connectivity index (χ3v) is 8.54.